The van der Waals surface area contributed by atoms with Crippen LogP contribution in [-0.4, -0.2) is 31.0 Å². The van der Waals surface area contributed by atoms with Gasteiger partial charge in [0.05, 0.1) is 26.4 Å². The second kappa shape index (κ2) is 8.57. The van der Waals surface area contributed by atoms with Crippen LogP contribution in [0.3, 0.4) is 0 Å². The van der Waals surface area contributed by atoms with Gasteiger partial charge in [-0.05, 0) is 47.9 Å². The fraction of sp³-hybridized carbons (Fsp3) is 0.217. The van der Waals surface area contributed by atoms with Crippen molar-refractivity contribution in [3.63, 3.8) is 0 Å². The van der Waals surface area contributed by atoms with Crippen LogP contribution in [0.4, 0.5) is 0 Å². The summed E-state index contributed by atoms with van der Waals surface area (Å²) in [6, 6.07) is 16.0. The summed E-state index contributed by atoms with van der Waals surface area (Å²) in [7, 11) is 3.07. The van der Waals surface area contributed by atoms with E-state index in [4.69, 9.17) is 14.2 Å². The minimum absolute atomic E-state index is 0.0196. The normalized spacial score (nSPS) is 10.5. The van der Waals surface area contributed by atoms with Crippen LogP contribution in [0.1, 0.15) is 13.3 Å². The molecule has 0 amide bonds. The number of rotatable bonds is 7. The molecule has 0 aliphatic rings. The predicted octanol–water partition coefficient (Wildman–Crippen LogP) is 5.24. The van der Waals surface area contributed by atoms with Crippen LogP contribution >= 0.6 is 0 Å². The Balaban J connectivity index is 2.10. The summed E-state index contributed by atoms with van der Waals surface area (Å²) in [6.07, 6.45) is 0.944. The van der Waals surface area contributed by atoms with Crippen molar-refractivity contribution in [2.24, 2.45) is 0 Å². The van der Waals surface area contributed by atoms with E-state index < -0.39 is 0 Å². The Morgan fingerprint density at radius 3 is 2.04 bits per heavy atom. The molecule has 0 saturated carbocycles. The molecule has 5 nitrogen and oxygen atoms in total. The molecule has 0 aliphatic carbocycles. The Kier molecular flexibility index (Phi) is 5.94. The highest BCUT2D eigenvalue weighted by molar-refractivity contribution is 5.87. The summed E-state index contributed by atoms with van der Waals surface area (Å²) < 4.78 is 16.7. The van der Waals surface area contributed by atoms with Crippen LogP contribution in [0, 0.1) is 0 Å². The molecule has 0 atom stereocenters. The van der Waals surface area contributed by atoms with Gasteiger partial charge in [0.15, 0.2) is 11.5 Å². The summed E-state index contributed by atoms with van der Waals surface area (Å²) >= 11 is 0. The molecule has 0 unspecified atom stereocenters. The molecule has 5 heteroatoms. The smallest absolute Gasteiger partial charge is 0.170 e. The number of hydrogen-bond donors (Lipinski definition) is 2. The lowest BCUT2D eigenvalue weighted by atomic mass is 9.96. The molecular formula is C23H24O5. The first-order chi connectivity index (χ1) is 13.6. The molecule has 28 heavy (non-hydrogen) atoms. The maximum absolute atomic E-state index is 10.9. The first-order valence-corrected chi connectivity index (χ1v) is 9.09. The Morgan fingerprint density at radius 2 is 1.46 bits per heavy atom. The summed E-state index contributed by atoms with van der Waals surface area (Å²) in [4.78, 5) is 0. The molecule has 0 spiro atoms. The van der Waals surface area contributed by atoms with Gasteiger partial charge in [-0.2, -0.15) is 0 Å². The van der Waals surface area contributed by atoms with Gasteiger partial charge < -0.3 is 24.4 Å². The van der Waals surface area contributed by atoms with E-state index in [1.807, 2.05) is 30.3 Å². The van der Waals surface area contributed by atoms with E-state index in [-0.39, 0.29) is 11.5 Å². The molecule has 146 valence electrons. The third-order valence-electron chi connectivity index (χ3n) is 4.44. The molecule has 0 saturated heterocycles. The summed E-state index contributed by atoms with van der Waals surface area (Å²) in [5.74, 6) is 1.78. The average Bonchev–Trinajstić information content (AvgIpc) is 2.72. The lowest BCUT2D eigenvalue weighted by Crippen LogP contribution is -1.96. The number of methoxy groups -OCH3 is 2. The van der Waals surface area contributed by atoms with Gasteiger partial charge in [-0.3, -0.25) is 0 Å². The monoisotopic (exact) mass is 380 g/mol. The molecule has 0 aliphatic heterocycles. The van der Waals surface area contributed by atoms with Crippen LogP contribution in [0.2, 0.25) is 0 Å². The maximum Gasteiger partial charge on any atom is 0.170 e. The highest BCUT2D eigenvalue weighted by Gasteiger charge is 2.21. The number of phenolic OH excluding ortho intramolecular Hbond substituents is 2. The van der Waals surface area contributed by atoms with Gasteiger partial charge >= 0.3 is 0 Å². The topological polar surface area (TPSA) is 68.2 Å². The molecule has 3 rings (SSSR count). The van der Waals surface area contributed by atoms with Gasteiger partial charge in [0, 0.05) is 5.56 Å². The summed E-state index contributed by atoms with van der Waals surface area (Å²) in [5.41, 5.74) is 2.79. The van der Waals surface area contributed by atoms with Crippen molar-refractivity contribution in [1.82, 2.24) is 0 Å². The molecule has 0 fully saturated rings. The van der Waals surface area contributed by atoms with Crippen LogP contribution < -0.4 is 14.2 Å². The quantitative estimate of drug-likeness (QED) is 0.587. The van der Waals surface area contributed by atoms with Gasteiger partial charge in [0.1, 0.15) is 17.2 Å². The average molecular weight is 380 g/mol. The predicted molar refractivity (Wildman–Crippen MR) is 110 cm³/mol. The lowest BCUT2D eigenvalue weighted by molar-refractivity contribution is 0.317. The Morgan fingerprint density at radius 1 is 0.821 bits per heavy atom. The van der Waals surface area contributed by atoms with Crippen LogP contribution in [-0.2, 0) is 0 Å². The largest absolute Gasteiger partial charge is 0.508 e. The molecule has 0 bridgehead atoms. The second-order valence-electron chi connectivity index (χ2n) is 6.30. The maximum atomic E-state index is 10.9. The zero-order valence-corrected chi connectivity index (χ0v) is 16.2. The van der Waals surface area contributed by atoms with Crippen LogP contribution in [0.15, 0.2) is 54.6 Å². The van der Waals surface area contributed by atoms with E-state index in [1.54, 1.807) is 31.4 Å². The van der Waals surface area contributed by atoms with Crippen LogP contribution in [0.5, 0.6) is 28.7 Å². The number of ether oxygens (including phenoxy) is 3. The van der Waals surface area contributed by atoms with Crippen molar-refractivity contribution in [1.29, 1.82) is 0 Å². The summed E-state index contributed by atoms with van der Waals surface area (Å²) in [6.45, 7) is 2.72. The van der Waals surface area contributed by atoms with E-state index in [1.165, 1.54) is 7.11 Å². The zero-order chi connectivity index (χ0) is 20.1. The van der Waals surface area contributed by atoms with Gasteiger partial charge in [-0.25, -0.2) is 0 Å². The molecule has 0 aromatic heterocycles. The molecule has 2 N–H and O–H groups in total. The molecule has 0 heterocycles. The highest BCUT2D eigenvalue weighted by Crippen LogP contribution is 2.49. The Hall–Kier alpha value is -3.34. The van der Waals surface area contributed by atoms with Gasteiger partial charge in [0.2, 0.25) is 0 Å². The number of hydrogen-bond acceptors (Lipinski definition) is 5. The number of benzene rings is 3. The molecule has 0 radical (unpaired) electrons. The highest BCUT2D eigenvalue weighted by atomic mass is 16.5. The van der Waals surface area contributed by atoms with E-state index in [9.17, 15) is 10.2 Å². The SMILES string of the molecule is CCCOc1ccc(-c2cc(OC)c(-c3ccc(O)cc3)c(O)c2OC)cc1. The van der Waals surface area contributed by atoms with Crippen LogP contribution in [0.25, 0.3) is 22.3 Å². The summed E-state index contributed by atoms with van der Waals surface area (Å²) in [5, 5.41) is 20.5. The first kappa shape index (κ1) is 19.4. The third kappa shape index (κ3) is 3.83. The van der Waals surface area contributed by atoms with Crippen molar-refractivity contribution >= 4 is 0 Å². The fourth-order valence-corrected chi connectivity index (χ4v) is 3.07. The van der Waals surface area contributed by atoms with Crippen molar-refractivity contribution in [3.05, 3.63) is 54.6 Å². The molecule has 3 aromatic carbocycles. The van der Waals surface area contributed by atoms with Crippen molar-refractivity contribution < 1.29 is 24.4 Å². The fourth-order valence-electron chi connectivity index (χ4n) is 3.07. The number of aromatic hydroxyl groups is 2. The minimum Gasteiger partial charge on any atom is -0.508 e. The zero-order valence-electron chi connectivity index (χ0n) is 16.2. The third-order valence-corrected chi connectivity index (χ3v) is 4.44. The first-order valence-electron chi connectivity index (χ1n) is 9.09. The van der Waals surface area contributed by atoms with Crippen molar-refractivity contribution in [2.45, 2.75) is 13.3 Å². The molecule has 3 aromatic rings. The van der Waals surface area contributed by atoms with Gasteiger partial charge in [-0.1, -0.05) is 31.2 Å². The van der Waals surface area contributed by atoms with Gasteiger partial charge in [0.25, 0.3) is 0 Å². The Labute approximate surface area is 164 Å². The molecular weight excluding hydrogens is 356 g/mol. The second-order valence-corrected chi connectivity index (χ2v) is 6.30. The van der Waals surface area contributed by atoms with Gasteiger partial charge in [-0.15, -0.1) is 0 Å². The van der Waals surface area contributed by atoms with E-state index in [2.05, 4.69) is 6.92 Å². The van der Waals surface area contributed by atoms with E-state index in [0.717, 1.165) is 17.7 Å². The Bertz CT molecular complexity index is 931. The van der Waals surface area contributed by atoms with E-state index in [0.29, 0.717) is 34.8 Å². The standard InChI is InChI=1S/C23H24O5/c1-4-13-28-18-11-7-15(8-12-18)19-14-20(26-2)21(22(25)23(19)27-3)16-5-9-17(24)10-6-16/h5-12,14,24-25H,4,13H2,1-3H3. The van der Waals surface area contributed by atoms with Crippen molar-refractivity contribution in [2.75, 3.05) is 20.8 Å². The van der Waals surface area contributed by atoms with E-state index >= 15 is 0 Å². The lowest BCUT2D eigenvalue weighted by Gasteiger charge is -2.18. The minimum atomic E-state index is -0.0196. The van der Waals surface area contributed by atoms with Crippen molar-refractivity contribution in [3.8, 4) is 51.0 Å². The number of phenols is 2.